The molecule has 0 saturated heterocycles. The molecule has 4 saturated carbocycles. The molecule has 6 rings (SSSR count). The lowest BCUT2D eigenvalue weighted by atomic mass is 9.38. The zero-order chi connectivity index (χ0) is 35.5. The number of carbonyl (C=O) groups excluding carboxylic acids is 1. The molecule has 1 amide bonds. The second-order valence-electron chi connectivity index (χ2n) is 18.1. The third-order valence-electron chi connectivity index (χ3n) is 10.5. The first-order chi connectivity index (χ1) is 22.0. The highest BCUT2D eigenvalue weighted by Crippen LogP contribution is 2.69. The summed E-state index contributed by atoms with van der Waals surface area (Å²) in [5, 5.41) is 11.6. The van der Waals surface area contributed by atoms with Crippen LogP contribution in [0, 0.1) is 5.41 Å². The van der Waals surface area contributed by atoms with Gasteiger partial charge in [0.2, 0.25) is 5.88 Å². The lowest BCUT2D eigenvalue weighted by Gasteiger charge is -2.70. The molecule has 0 aliphatic heterocycles. The molecule has 2 heterocycles. The number of pyridine rings is 1. The second kappa shape index (κ2) is 12.5. The van der Waals surface area contributed by atoms with E-state index in [0.717, 1.165) is 56.5 Å². The number of rotatable bonds is 11. The van der Waals surface area contributed by atoms with Gasteiger partial charge >= 0.3 is 6.09 Å². The molecule has 4 aliphatic carbocycles. The number of amides is 1. The Morgan fingerprint density at radius 3 is 2.29 bits per heavy atom. The van der Waals surface area contributed by atoms with Gasteiger partial charge in [-0.1, -0.05) is 20.8 Å². The van der Waals surface area contributed by atoms with E-state index in [2.05, 4.69) is 76.3 Å². The topological polar surface area (TPSA) is 99.5 Å². The number of nitrogens with one attached hydrogen (secondary N) is 2. The fourth-order valence-electron chi connectivity index (χ4n) is 7.33. The Morgan fingerprint density at radius 2 is 1.71 bits per heavy atom. The van der Waals surface area contributed by atoms with E-state index in [1.807, 2.05) is 25.5 Å². The maximum atomic E-state index is 14.0. The van der Waals surface area contributed by atoms with Crippen LogP contribution in [-0.4, -0.2) is 53.0 Å². The van der Waals surface area contributed by atoms with Crippen LogP contribution in [0.15, 0.2) is 18.2 Å². The maximum Gasteiger partial charge on any atom is 0.408 e. The first-order valence-corrected chi connectivity index (χ1v) is 20.4. The number of aromatic nitrogens is 3. The normalized spacial score (nSPS) is 25.8. The van der Waals surface area contributed by atoms with E-state index in [9.17, 15) is 13.6 Å². The van der Waals surface area contributed by atoms with E-state index >= 15 is 0 Å². The largest absolute Gasteiger partial charge is 0.478 e. The third kappa shape index (κ3) is 8.17. The Bertz CT molecular complexity index is 1470. The molecule has 0 unspecified atom stereocenters. The SMILES string of the molecule is CC(C)(C)OC(=O)NC12CC(CCOc3cc(Nc4cc([C@H]5CC[C@@H](O[Si](C)(C)C(C)(C)C)C5)nn4C(C)(C)C)cc(C(F)F)n3)(C1)C2. The Hall–Kier alpha value is -2.73. The molecule has 2 aromatic rings. The maximum absolute atomic E-state index is 14.0. The highest BCUT2D eigenvalue weighted by molar-refractivity contribution is 6.74. The molecule has 2 atom stereocenters. The van der Waals surface area contributed by atoms with Crippen LogP contribution < -0.4 is 15.4 Å². The van der Waals surface area contributed by atoms with E-state index < -0.39 is 20.3 Å². The average molecular weight is 690 g/mol. The van der Waals surface area contributed by atoms with Crippen LogP contribution in [0.1, 0.15) is 131 Å². The van der Waals surface area contributed by atoms with E-state index in [1.165, 1.54) is 6.07 Å². The van der Waals surface area contributed by atoms with Crippen LogP contribution in [0.5, 0.6) is 5.88 Å². The number of ether oxygens (including phenoxy) is 2. The Labute approximate surface area is 286 Å². The molecule has 0 radical (unpaired) electrons. The summed E-state index contributed by atoms with van der Waals surface area (Å²) in [6.07, 6.45) is 3.38. The lowest BCUT2D eigenvalue weighted by molar-refractivity contribution is -0.160. The summed E-state index contributed by atoms with van der Waals surface area (Å²) in [5.74, 6) is 1.17. The van der Waals surface area contributed by atoms with Crippen molar-refractivity contribution >= 4 is 25.9 Å². The molecule has 268 valence electrons. The number of hydrogen-bond donors (Lipinski definition) is 2. The molecule has 2 bridgehead atoms. The number of alkyl halides is 2. The van der Waals surface area contributed by atoms with E-state index in [0.29, 0.717) is 12.3 Å². The van der Waals surface area contributed by atoms with Crippen molar-refractivity contribution < 1.29 is 27.5 Å². The number of halogens is 2. The van der Waals surface area contributed by atoms with Crippen molar-refractivity contribution in [1.82, 2.24) is 20.1 Å². The lowest BCUT2D eigenvalue weighted by Crippen LogP contribution is -2.75. The number of hydrogen-bond acceptors (Lipinski definition) is 7. The molecule has 12 heteroatoms. The number of alkyl carbamates (subject to hydrolysis) is 1. The minimum atomic E-state index is -2.75. The van der Waals surface area contributed by atoms with Gasteiger partial charge in [0, 0.05) is 35.4 Å². The molecule has 0 spiro atoms. The summed E-state index contributed by atoms with van der Waals surface area (Å²) >= 11 is 0. The first kappa shape index (κ1) is 36.5. The molecule has 2 aromatic heterocycles. The fraction of sp³-hybridized carbons (Fsp3) is 0.750. The number of anilines is 2. The van der Waals surface area contributed by atoms with Gasteiger partial charge in [-0.3, -0.25) is 0 Å². The summed E-state index contributed by atoms with van der Waals surface area (Å²) in [6, 6.07) is 5.11. The van der Waals surface area contributed by atoms with Gasteiger partial charge in [0.1, 0.15) is 17.1 Å². The van der Waals surface area contributed by atoms with Crippen molar-refractivity contribution in [3.05, 3.63) is 29.6 Å². The first-order valence-electron chi connectivity index (χ1n) is 17.5. The molecule has 4 aliphatic rings. The second-order valence-corrected chi connectivity index (χ2v) is 22.9. The summed E-state index contributed by atoms with van der Waals surface area (Å²) < 4.78 is 48.0. The minimum Gasteiger partial charge on any atom is -0.478 e. The molecule has 0 aromatic carbocycles. The number of carbonyl (C=O) groups is 1. The number of nitrogens with zero attached hydrogens (tertiary/aromatic N) is 3. The summed E-state index contributed by atoms with van der Waals surface area (Å²) in [4.78, 5) is 16.3. The predicted octanol–water partition coefficient (Wildman–Crippen LogP) is 9.59. The Kier molecular flexibility index (Phi) is 9.55. The molecular weight excluding hydrogens is 633 g/mol. The van der Waals surface area contributed by atoms with Gasteiger partial charge in [-0.05, 0) is 116 Å². The molecular formula is C36H57F2N5O4Si. The summed E-state index contributed by atoms with van der Waals surface area (Å²) in [6.45, 7) is 23.5. The van der Waals surface area contributed by atoms with Crippen LogP contribution in [0.2, 0.25) is 18.1 Å². The summed E-state index contributed by atoms with van der Waals surface area (Å²) in [7, 11) is -1.88. The standard InChI is InChI=1S/C36H57F2N5O4Si/c1-32(2,3)43-28(19-26(42-43)23-12-13-25(16-23)47-48(10,11)34(7,8)9)39-24-17-27(30(37)38)40-29(18-24)45-15-14-35-20-36(21-35,22-35)41-31(44)46-33(4,5)6/h17-19,23,25,30H,12-16,20-22H2,1-11H3,(H,39,40)(H,41,44)/t23-,25+,35?,36?/m0/s1. The van der Waals surface area contributed by atoms with Gasteiger partial charge < -0.3 is 24.5 Å². The van der Waals surface area contributed by atoms with Crippen molar-refractivity contribution in [1.29, 1.82) is 0 Å². The molecule has 9 nitrogen and oxygen atoms in total. The van der Waals surface area contributed by atoms with E-state index in [4.69, 9.17) is 19.0 Å². The molecule has 4 fully saturated rings. The smallest absolute Gasteiger partial charge is 0.408 e. The van der Waals surface area contributed by atoms with Crippen LogP contribution in [0.3, 0.4) is 0 Å². The van der Waals surface area contributed by atoms with Crippen molar-refractivity contribution in [3.8, 4) is 5.88 Å². The van der Waals surface area contributed by atoms with Gasteiger partial charge in [0.05, 0.1) is 17.8 Å². The zero-order valence-electron chi connectivity index (χ0n) is 30.9. The fourth-order valence-corrected chi connectivity index (χ4v) is 8.73. The van der Waals surface area contributed by atoms with Gasteiger partial charge in [-0.15, -0.1) is 0 Å². The third-order valence-corrected chi connectivity index (χ3v) is 15.1. The Balaban J connectivity index is 1.23. The van der Waals surface area contributed by atoms with Crippen LogP contribution in [0.25, 0.3) is 0 Å². The van der Waals surface area contributed by atoms with Gasteiger partial charge in [0.25, 0.3) is 6.43 Å². The van der Waals surface area contributed by atoms with Gasteiger partial charge in [-0.25, -0.2) is 23.2 Å². The highest BCUT2D eigenvalue weighted by Gasteiger charge is 2.68. The van der Waals surface area contributed by atoms with Crippen molar-refractivity contribution in [2.45, 2.75) is 161 Å². The monoisotopic (exact) mass is 689 g/mol. The van der Waals surface area contributed by atoms with Gasteiger partial charge in [-0.2, -0.15) is 5.10 Å². The van der Waals surface area contributed by atoms with Crippen molar-refractivity contribution in [3.63, 3.8) is 0 Å². The van der Waals surface area contributed by atoms with Crippen LogP contribution in [0.4, 0.5) is 25.1 Å². The van der Waals surface area contributed by atoms with Gasteiger partial charge in [0.15, 0.2) is 8.32 Å². The van der Waals surface area contributed by atoms with E-state index in [1.54, 1.807) is 6.07 Å². The summed E-state index contributed by atoms with van der Waals surface area (Å²) in [5.41, 5.74) is 0.146. The zero-order valence-corrected chi connectivity index (χ0v) is 31.9. The van der Waals surface area contributed by atoms with Crippen LogP contribution >= 0.6 is 0 Å². The van der Waals surface area contributed by atoms with Crippen molar-refractivity contribution in [2.75, 3.05) is 11.9 Å². The Morgan fingerprint density at radius 1 is 1.04 bits per heavy atom. The molecule has 48 heavy (non-hydrogen) atoms. The highest BCUT2D eigenvalue weighted by atomic mass is 28.4. The van der Waals surface area contributed by atoms with Crippen molar-refractivity contribution in [2.24, 2.45) is 5.41 Å². The quantitative estimate of drug-likeness (QED) is 0.227. The van der Waals surface area contributed by atoms with E-state index in [-0.39, 0.29) is 51.2 Å². The van der Waals surface area contributed by atoms with Crippen LogP contribution in [-0.2, 0) is 14.7 Å². The molecule has 2 N–H and O–H groups in total. The average Bonchev–Trinajstić information content (AvgIpc) is 3.51. The minimum absolute atomic E-state index is 0.0982. The predicted molar refractivity (Wildman–Crippen MR) is 187 cm³/mol.